The number of halogens is 2. The van der Waals surface area contributed by atoms with Crippen molar-refractivity contribution < 1.29 is 9.53 Å². The minimum atomic E-state index is -0.0821. The van der Waals surface area contributed by atoms with Gasteiger partial charge >= 0.3 is 0 Å². The number of ether oxygens (including phenoxy) is 1. The van der Waals surface area contributed by atoms with E-state index in [2.05, 4.69) is 15.9 Å². The zero-order chi connectivity index (χ0) is 13.8. The summed E-state index contributed by atoms with van der Waals surface area (Å²) in [5.41, 5.74) is 0.515. The van der Waals surface area contributed by atoms with Gasteiger partial charge in [-0.15, -0.1) is 0 Å². The van der Waals surface area contributed by atoms with Gasteiger partial charge in [0.2, 0.25) is 0 Å². The van der Waals surface area contributed by atoms with Crippen LogP contribution >= 0.6 is 27.5 Å². The van der Waals surface area contributed by atoms with Crippen LogP contribution in [-0.2, 0) is 4.74 Å². The number of rotatable bonds is 6. The van der Waals surface area contributed by atoms with Crippen LogP contribution < -0.4 is 0 Å². The molecule has 1 aromatic carbocycles. The SMILES string of the molecule is CN(CCOCC1CC1)C(=O)c1cccc(Br)c1Cl. The third-order valence-corrected chi connectivity index (χ3v) is 4.45. The molecule has 1 amide bonds. The predicted molar refractivity (Wildman–Crippen MR) is 79.7 cm³/mol. The Morgan fingerprint density at radius 2 is 2.26 bits per heavy atom. The summed E-state index contributed by atoms with van der Waals surface area (Å²) in [5.74, 6) is 0.668. The van der Waals surface area contributed by atoms with Gasteiger partial charge in [-0.3, -0.25) is 4.79 Å². The molecule has 0 saturated heterocycles. The van der Waals surface area contributed by atoms with Crippen LogP contribution in [0, 0.1) is 5.92 Å². The highest BCUT2D eigenvalue weighted by Crippen LogP contribution is 2.29. The monoisotopic (exact) mass is 345 g/mol. The molecule has 104 valence electrons. The molecule has 1 fully saturated rings. The highest BCUT2D eigenvalue weighted by Gasteiger charge is 2.21. The van der Waals surface area contributed by atoms with Gasteiger partial charge in [0.25, 0.3) is 5.91 Å². The second-order valence-electron chi connectivity index (χ2n) is 4.85. The fourth-order valence-corrected chi connectivity index (χ4v) is 2.29. The van der Waals surface area contributed by atoms with Crippen LogP contribution in [0.3, 0.4) is 0 Å². The quantitative estimate of drug-likeness (QED) is 0.737. The number of carbonyl (C=O) groups is 1. The molecule has 3 nitrogen and oxygen atoms in total. The Bertz CT molecular complexity index is 463. The third-order valence-electron chi connectivity index (χ3n) is 3.15. The molecule has 0 radical (unpaired) electrons. The molecule has 5 heteroatoms. The van der Waals surface area contributed by atoms with Crippen molar-refractivity contribution in [3.05, 3.63) is 33.3 Å². The standard InChI is InChI=1S/C14H17BrClNO2/c1-17(7-8-19-9-10-5-6-10)14(18)11-3-2-4-12(15)13(11)16/h2-4,10H,5-9H2,1H3. The Kier molecular flexibility index (Phi) is 5.25. The first-order valence-corrected chi connectivity index (χ1v) is 7.54. The Morgan fingerprint density at radius 1 is 1.53 bits per heavy atom. The van der Waals surface area contributed by atoms with E-state index in [0.717, 1.165) is 17.0 Å². The molecule has 1 aromatic rings. The topological polar surface area (TPSA) is 29.5 Å². The lowest BCUT2D eigenvalue weighted by Crippen LogP contribution is -2.30. The molecule has 1 saturated carbocycles. The van der Waals surface area contributed by atoms with E-state index in [-0.39, 0.29) is 5.91 Å². The van der Waals surface area contributed by atoms with Gasteiger partial charge in [-0.1, -0.05) is 17.7 Å². The van der Waals surface area contributed by atoms with Crippen LogP contribution in [-0.4, -0.2) is 37.6 Å². The van der Waals surface area contributed by atoms with E-state index >= 15 is 0 Å². The third kappa shape index (κ3) is 4.20. The molecule has 0 atom stereocenters. The number of benzene rings is 1. The van der Waals surface area contributed by atoms with E-state index in [4.69, 9.17) is 16.3 Å². The summed E-state index contributed by atoms with van der Waals surface area (Å²) in [6, 6.07) is 5.36. The summed E-state index contributed by atoms with van der Waals surface area (Å²) < 4.78 is 6.27. The molecule has 1 aliphatic rings. The number of hydrogen-bond donors (Lipinski definition) is 0. The van der Waals surface area contributed by atoms with Crippen LogP contribution in [0.25, 0.3) is 0 Å². The van der Waals surface area contributed by atoms with Crippen molar-refractivity contribution in [2.24, 2.45) is 5.92 Å². The summed E-state index contributed by atoms with van der Waals surface area (Å²) >= 11 is 9.44. The summed E-state index contributed by atoms with van der Waals surface area (Å²) in [6.07, 6.45) is 2.56. The summed E-state index contributed by atoms with van der Waals surface area (Å²) in [7, 11) is 1.76. The van der Waals surface area contributed by atoms with Gasteiger partial charge in [-0.05, 0) is 46.8 Å². The van der Waals surface area contributed by atoms with Crippen molar-refractivity contribution >= 4 is 33.4 Å². The average molecular weight is 347 g/mol. The number of likely N-dealkylation sites (N-methyl/N-ethyl adjacent to an activating group) is 1. The van der Waals surface area contributed by atoms with E-state index < -0.39 is 0 Å². The van der Waals surface area contributed by atoms with Crippen LogP contribution in [0.4, 0.5) is 0 Å². The van der Waals surface area contributed by atoms with Gasteiger partial charge in [0, 0.05) is 24.7 Å². The summed E-state index contributed by atoms with van der Waals surface area (Å²) in [6.45, 7) is 1.97. The van der Waals surface area contributed by atoms with Crippen molar-refractivity contribution in [1.29, 1.82) is 0 Å². The molecule has 2 rings (SSSR count). The normalized spacial score (nSPS) is 14.5. The van der Waals surface area contributed by atoms with Gasteiger partial charge in [0.1, 0.15) is 0 Å². The van der Waals surface area contributed by atoms with E-state index in [1.165, 1.54) is 12.8 Å². The lowest BCUT2D eigenvalue weighted by molar-refractivity contribution is 0.0681. The smallest absolute Gasteiger partial charge is 0.255 e. The van der Waals surface area contributed by atoms with E-state index in [1.807, 2.05) is 6.07 Å². The van der Waals surface area contributed by atoms with Gasteiger partial charge < -0.3 is 9.64 Å². The van der Waals surface area contributed by atoms with Crippen LogP contribution in [0.1, 0.15) is 23.2 Å². The summed E-state index contributed by atoms with van der Waals surface area (Å²) in [4.78, 5) is 13.9. The van der Waals surface area contributed by atoms with Crippen molar-refractivity contribution in [2.75, 3.05) is 26.8 Å². The van der Waals surface area contributed by atoms with Crippen molar-refractivity contribution in [2.45, 2.75) is 12.8 Å². The maximum absolute atomic E-state index is 12.2. The molecule has 0 aliphatic heterocycles. The number of hydrogen-bond acceptors (Lipinski definition) is 2. The molecule has 0 unspecified atom stereocenters. The van der Waals surface area contributed by atoms with Crippen molar-refractivity contribution in [3.8, 4) is 0 Å². The Morgan fingerprint density at radius 3 is 2.95 bits per heavy atom. The molecular weight excluding hydrogens is 330 g/mol. The molecule has 0 bridgehead atoms. The Hall–Kier alpha value is -0.580. The number of carbonyl (C=O) groups excluding carboxylic acids is 1. The first-order valence-electron chi connectivity index (χ1n) is 6.37. The average Bonchev–Trinajstić information content (AvgIpc) is 3.21. The maximum Gasteiger partial charge on any atom is 0.255 e. The predicted octanol–water partition coefficient (Wildman–Crippen LogP) is 3.60. The largest absolute Gasteiger partial charge is 0.379 e. The lowest BCUT2D eigenvalue weighted by atomic mass is 10.2. The fourth-order valence-electron chi connectivity index (χ4n) is 1.71. The summed E-state index contributed by atoms with van der Waals surface area (Å²) in [5, 5.41) is 0.457. The number of nitrogens with zero attached hydrogens (tertiary/aromatic N) is 1. The van der Waals surface area contributed by atoms with Crippen molar-refractivity contribution in [1.82, 2.24) is 4.90 Å². The number of amides is 1. The minimum Gasteiger partial charge on any atom is -0.379 e. The van der Waals surface area contributed by atoms with Crippen LogP contribution in [0.15, 0.2) is 22.7 Å². The first kappa shape index (κ1) is 14.8. The molecule has 0 N–H and O–H groups in total. The van der Waals surface area contributed by atoms with Gasteiger partial charge in [0.05, 0.1) is 17.2 Å². The minimum absolute atomic E-state index is 0.0821. The molecule has 1 aliphatic carbocycles. The lowest BCUT2D eigenvalue weighted by Gasteiger charge is -2.18. The maximum atomic E-state index is 12.2. The molecule has 0 heterocycles. The van der Waals surface area contributed by atoms with Gasteiger partial charge in [-0.25, -0.2) is 0 Å². The zero-order valence-corrected chi connectivity index (χ0v) is 13.2. The highest BCUT2D eigenvalue weighted by molar-refractivity contribution is 9.10. The second kappa shape index (κ2) is 6.73. The van der Waals surface area contributed by atoms with Crippen molar-refractivity contribution in [3.63, 3.8) is 0 Å². The van der Waals surface area contributed by atoms with Gasteiger partial charge in [0.15, 0.2) is 0 Å². The fraction of sp³-hybridized carbons (Fsp3) is 0.500. The Balaban J connectivity index is 1.84. The molecule has 19 heavy (non-hydrogen) atoms. The van der Waals surface area contributed by atoms with E-state index in [0.29, 0.717) is 23.7 Å². The second-order valence-corrected chi connectivity index (χ2v) is 6.08. The van der Waals surface area contributed by atoms with Crippen LogP contribution in [0.5, 0.6) is 0 Å². The first-order chi connectivity index (χ1) is 9.09. The van der Waals surface area contributed by atoms with Gasteiger partial charge in [-0.2, -0.15) is 0 Å². The van der Waals surface area contributed by atoms with E-state index in [9.17, 15) is 4.79 Å². The highest BCUT2D eigenvalue weighted by atomic mass is 79.9. The molecular formula is C14H17BrClNO2. The van der Waals surface area contributed by atoms with E-state index in [1.54, 1.807) is 24.1 Å². The zero-order valence-electron chi connectivity index (χ0n) is 10.9. The van der Waals surface area contributed by atoms with Crippen LogP contribution in [0.2, 0.25) is 5.02 Å². The Labute approximate surface area is 127 Å². The molecule has 0 aromatic heterocycles. The molecule has 0 spiro atoms.